The molecule has 4 rings (SSSR count). The highest BCUT2D eigenvalue weighted by Gasteiger charge is 2.20. The molecule has 29 heavy (non-hydrogen) atoms. The summed E-state index contributed by atoms with van der Waals surface area (Å²) in [7, 11) is 1.86. The van der Waals surface area contributed by atoms with E-state index in [2.05, 4.69) is 61.4 Å². The van der Waals surface area contributed by atoms with Crippen LogP contribution in [0.15, 0.2) is 46.1 Å². The fourth-order valence-electron chi connectivity index (χ4n) is 3.95. The minimum atomic E-state index is 0. The molecule has 0 amide bonds. The van der Waals surface area contributed by atoms with Crippen LogP contribution in [-0.4, -0.2) is 65.7 Å². The van der Waals surface area contributed by atoms with Crippen LogP contribution < -0.4 is 5.32 Å². The first-order chi connectivity index (χ1) is 13.7. The molecule has 1 fully saturated rings. The van der Waals surface area contributed by atoms with Crippen molar-refractivity contribution in [2.24, 2.45) is 4.99 Å². The second kappa shape index (κ2) is 10.1. The van der Waals surface area contributed by atoms with Crippen LogP contribution in [0.1, 0.15) is 17.0 Å². The SMILES string of the molecule is CN=C(NCCc1c(C)[nH]c2ccccc12)N1CCN(Cc2ccon2)CC1.I. The number of halogens is 1. The summed E-state index contributed by atoms with van der Waals surface area (Å²) in [6.07, 6.45) is 2.60. The van der Waals surface area contributed by atoms with Crippen molar-refractivity contribution >= 4 is 40.8 Å². The first-order valence-corrected chi connectivity index (χ1v) is 9.88. The number of piperazine rings is 1. The molecule has 1 saturated heterocycles. The number of fused-ring (bicyclic) bond motifs is 1. The maximum Gasteiger partial charge on any atom is 0.193 e. The summed E-state index contributed by atoms with van der Waals surface area (Å²) < 4.78 is 4.92. The number of aromatic amines is 1. The van der Waals surface area contributed by atoms with Gasteiger partial charge in [-0.2, -0.15) is 0 Å². The number of hydrogen-bond donors (Lipinski definition) is 2. The Kier molecular flexibility index (Phi) is 7.54. The number of rotatable bonds is 5. The topological polar surface area (TPSA) is 72.7 Å². The average molecular weight is 508 g/mol. The van der Waals surface area contributed by atoms with E-state index in [1.165, 1.54) is 22.2 Å². The second-order valence-corrected chi connectivity index (χ2v) is 7.25. The van der Waals surface area contributed by atoms with Crippen LogP contribution in [0.25, 0.3) is 10.9 Å². The Morgan fingerprint density at radius 3 is 2.72 bits per heavy atom. The monoisotopic (exact) mass is 508 g/mol. The van der Waals surface area contributed by atoms with Gasteiger partial charge in [0.2, 0.25) is 0 Å². The van der Waals surface area contributed by atoms with Gasteiger partial charge in [-0.05, 0) is 25.0 Å². The molecule has 3 heterocycles. The van der Waals surface area contributed by atoms with Crippen molar-refractivity contribution in [1.82, 2.24) is 25.3 Å². The maximum atomic E-state index is 4.92. The highest BCUT2D eigenvalue weighted by molar-refractivity contribution is 14.0. The third-order valence-corrected chi connectivity index (χ3v) is 5.45. The maximum absolute atomic E-state index is 4.92. The van der Waals surface area contributed by atoms with Gasteiger partial charge >= 0.3 is 0 Å². The van der Waals surface area contributed by atoms with Crippen LogP contribution in [0, 0.1) is 6.92 Å². The quantitative estimate of drug-likeness (QED) is 0.315. The molecule has 2 N–H and O–H groups in total. The molecule has 3 aromatic rings. The summed E-state index contributed by atoms with van der Waals surface area (Å²) in [4.78, 5) is 12.7. The lowest BCUT2D eigenvalue weighted by molar-refractivity contribution is 0.169. The van der Waals surface area contributed by atoms with E-state index in [0.717, 1.165) is 57.3 Å². The molecule has 1 aliphatic heterocycles. The summed E-state index contributed by atoms with van der Waals surface area (Å²) in [6, 6.07) is 10.4. The highest BCUT2D eigenvalue weighted by Crippen LogP contribution is 2.21. The molecule has 2 aromatic heterocycles. The van der Waals surface area contributed by atoms with Crippen LogP contribution in [0.4, 0.5) is 0 Å². The summed E-state index contributed by atoms with van der Waals surface area (Å²) in [6.45, 7) is 7.78. The van der Waals surface area contributed by atoms with Gasteiger partial charge in [-0.25, -0.2) is 0 Å². The zero-order chi connectivity index (χ0) is 19.3. The number of aromatic nitrogens is 2. The van der Waals surface area contributed by atoms with Crippen LogP contribution in [0.2, 0.25) is 0 Å². The zero-order valence-electron chi connectivity index (χ0n) is 17.0. The first kappa shape index (κ1) is 21.6. The summed E-state index contributed by atoms with van der Waals surface area (Å²) in [5.74, 6) is 0.985. The number of guanidine groups is 1. The van der Waals surface area contributed by atoms with E-state index in [4.69, 9.17) is 4.52 Å². The molecular formula is C21H29IN6O. The van der Waals surface area contributed by atoms with E-state index in [0.29, 0.717) is 0 Å². The van der Waals surface area contributed by atoms with Gasteiger partial charge in [0.25, 0.3) is 0 Å². The lowest BCUT2D eigenvalue weighted by Gasteiger charge is -2.36. The van der Waals surface area contributed by atoms with Crippen molar-refractivity contribution in [3.8, 4) is 0 Å². The number of benzene rings is 1. The number of nitrogens with one attached hydrogen (secondary N) is 2. The lowest BCUT2D eigenvalue weighted by Crippen LogP contribution is -2.52. The number of aliphatic imine (C=N–C) groups is 1. The highest BCUT2D eigenvalue weighted by atomic mass is 127. The van der Waals surface area contributed by atoms with Gasteiger partial charge in [0, 0.05) is 69.0 Å². The van der Waals surface area contributed by atoms with Crippen LogP contribution in [0.5, 0.6) is 0 Å². The molecule has 0 atom stereocenters. The van der Waals surface area contributed by atoms with Gasteiger partial charge in [-0.1, -0.05) is 23.4 Å². The molecule has 0 saturated carbocycles. The molecule has 7 nitrogen and oxygen atoms in total. The van der Waals surface area contributed by atoms with Gasteiger partial charge in [-0.3, -0.25) is 9.89 Å². The van der Waals surface area contributed by atoms with E-state index in [1.54, 1.807) is 6.26 Å². The molecular weight excluding hydrogens is 479 g/mol. The molecule has 0 spiro atoms. The Bertz CT molecular complexity index is 928. The third kappa shape index (κ3) is 5.11. The average Bonchev–Trinajstić information content (AvgIpc) is 3.33. The van der Waals surface area contributed by atoms with Crippen LogP contribution in [0.3, 0.4) is 0 Å². The number of nitrogens with zero attached hydrogens (tertiary/aromatic N) is 4. The van der Waals surface area contributed by atoms with Gasteiger partial charge < -0.3 is 19.7 Å². The Morgan fingerprint density at radius 2 is 2.00 bits per heavy atom. The van der Waals surface area contributed by atoms with Crippen molar-refractivity contribution in [3.05, 3.63) is 53.5 Å². The summed E-state index contributed by atoms with van der Waals surface area (Å²) in [5.41, 5.74) is 4.84. The Morgan fingerprint density at radius 1 is 1.21 bits per heavy atom. The Balaban J connectivity index is 0.00000240. The standard InChI is InChI=1S/C21H28N6O.HI/c1-16-18(19-5-3-4-6-20(19)24-16)7-9-23-21(22-2)27-12-10-26(11-13-27)15-17-8-14-28-25-17;/h3-6,8,14,24H,7,9-13,15H2,1-2H3,(H,22,23);1H. The molecule has 0 aliphatic carbocycles. The Hall–Kier alpha value is -2.07. The molecule has 8 heteroatoms. The Labute approximate surface area is 188 Å². The van der Waals surface area contributed by atoms with E-state index in [9.17, 15) is 0 Å². The largest absolute Gasteiger partial charge is 0.364 e. The van der Waals surface area contributed by atoms with Crippen molar-refractivity contribution < 1.29 is 4.52 Å². The predicted octanol–water partition coefficient (Wildman–Crippen LogP) is 3.02. The van der Waals surface area contributed by atoms with E-state index in [-0.39, 0.29) is 24.0 Å². The van der Waals surface area contributed by atoms with Crippen LogP contribution in [-0.2, 0) is 13.0 Å². The van der Waals surface area contributed by atoms with Crippen molar-refractivity contribution in [2.45, 2.75) is 19.9 Å². The zero-order valence-corrected chi connectivity index (χ0v) is 19.3. The molecule has 0 bridgehead atoms. The van der Waals surface area contributed by atoms with Crippen LogP contribution >= 0.6 is 24.0 Å². The third-order valence-electron chi connectivity index (χ3n) is 5.45. The molecule has 1 aliphatic rings. The molecule has 156 valence electrons. The van der Waals surface area contributed by atoms with E-state index < -0.39 is 0 Å². The van der Waals surface area contributed by atoms with Gasteiger partial charge in [0.15, 0.2) is 5.96 Å². The lowest BCUT2D eigenvalue weighted by atomic mass is 10.1. The molecule has 0 unspecified atom stereocenters. The number of hydrogen-bond acceptors (Lipinski definition) is 4. The van der Waals surface area contributed by atoms with Crippen molar-refractivity contribution in [1.29, 1.82) is 0 Å². The molecule has 0 radical (unpaired) electrons. The number of para-hydroxylation sites is 1. The van der Waals surface area contributed by atoms with Gasteiger partial charge in [0.05, 0.1) is 5.69 Å². The fraction of sp³-hybridized carbons (Fsp3) is 0.429. The smallest absolute Gasteiger partial charge is 0.193 e. The van der Waals surface area contributed by atoms with Crippen molar-refractivity contribution in [2.75, 3.05) is 39.8 Å². The minimum absolute atomic E-state index is 0. The second-order valence-electron chi connectivity index (χ2n) is 7.25. The first-order valence-electron chi connectivity index (χ1n) is 9.88. The summed E-state index contributed by atoms with van der Waals surface area (Å²) in [5, 5.41) is 8.87. The van der Waals surface area contributed by atoms with Gasteiger partial charge in [0.1, 0.15) is 6.26 Å². The molecule has 1 aromatic carbocycles. The van der Waals surface area contributed by atoms with Gasteiger partial charge in [-0.15, -0.1) is 24.0 Å². The van der Waals surface area contributed by atoms with Crippen molar-refractivity contribution in [3.63, 3.8) is 0 Å². The normalized spacial score (nSPS) is 15.5. The number of aryl methyl sites for hydroxylation is 1. The number of H-pyrrole nitrogens is 1. The summed E-state index contributed by atoms with van der Waals surface area (Å²) >= 11 is 0. The van der Waals surface area contributed by atoms with E-state index in [1.807, 2.05) is 13.1 Å². The predicted molar refractivity (Wildman–Crippen MR) is 127 cm³/mol. The minimum Gasteiger partial charge on any atom is -0.364 e. The fourth-order valence-corrected chi connectivity index (χ4v) is 3.95. The van der Waals surface area contributed by atoms with E-state index >= 15 is 0 Å².